The minimum atomic E-state index is 0.0231. The van der Waals surface area contributed by atoms with Crippen molar-refractivity contribution in [2.24, 2.45) is 0 Å². The second kappa shape index (κ2) is 7.44. The molecular weight excluding hydrogens is 338 g/mol. The summed E-state index contributed by atoms with van der Waals surface area (Å²) >= 11 is 0. The molecule has 0 bridgehead atoms. The van der Waals surface area contributed by atoms with Crippen LogP contribution in [0.2, 0.25) is 0 Å². The molecule has 0 N–H and O–H groups in total. The number of rotatable bonds is 3. The van der Waals surface area contributed by atoms with Gasteiger partial charge in [-0.3, -0.25) is 4.98 Å². The van der Waals surface area contributed by atoms with Gasteiger partial charge in [-0.25, -0.2) is 0 Å². The average Bonchev–Trinajstić information content (AvgIpc) is 2.74. The van der Waals surface area contributed by atoms with Crippen molar-refractivity contribution in [3.05, 3.63) is 103 Å². The molecule has 28 heavy (non-hydrogen) atoms. The van der Waals surface area contributed by atoms with E-state index in [1.807, 2.05) is 0 Å². The van der Waals surface area contributed by atoms with Crippen molar-refractivity contribution in [1.82, 2.24) is 4.98 Å². The Hall–Kier alpha value is -3.19. The molecule has 1 nitrogen and oxygen atoms in total. The van der Waals surface area contributed by atoms with E-state index in [2.05, 4.69) is 118 Å². The van der Waals surface area contributed by atoms with Gasteiger partial charge >= 0.3 is 0 Å². The van der Waals surface area contributed by atoms with Gasteiger partial charge in [-0.1, -0.05) is 87.5 Å². The van der Waals surface area contributed by atoms with Crippen molar-refractivity contribution >= 4 is 0 Å². The van der Waals surface area contributed by atoms with Crippen LogP contribution in [0, 0.1) is 0 Å². The third-order valence-corrected chi connectivity index (χ3v) is 4.96. The van der Waals surface area contributed by atoms with Crippen LogP contribution in [0.25, 0.3) is 33.5 Å². The molecule has 1 heterocycles. The summed E-state index contributed by atoms with van der Waals surface area (Å²) in [5.41, 5.74) is 8.14. The fraction of sp³-hybridized carbons (Fsp3) is 0.148. The Labute approximate surface area is 167 Å². The van der Waals surface area contributed by atoms with Crippen LogP contribution in [0.4, 0.5) is 0 Å². The van der Waals surface area contributed by atoms with E-state index in [0.29, 0.717) is 0 Å². The Morgan fingerprint density at radius 2 is 1.00 bits per heavy atom. The normalized spacial score (nSPS) is 11.4. The minimum absolute atomic E-state index is 0.0231. The lowest BCUT2D eigenvalue weighted by Crippen LogP contribution is -2.13. The van der Waals surface area contributed by atoms with Gasteiger partial charge in [0.25, 0.3) is 0 Å². The number of hydrogen-bond acceptors (Lipinski definition) is 1. The SMILES string of the molecule is CC(C)(C)c1cccc(-c2cc(-c3ccccc3)cc(-c3ccccc3)c2)n1. The maximum absolute atomic E-state index is 4.98. The van der Waals surface area contributed by atoms with Crippen LogP contribution in [-0.2, 0) is 5.41 Å². The molecule has 0 fully saturated rings. The third kappa shape index (κ3) is 3.89. The van der Waals surface area contributed by atoms with E-state index in [4.69, 9.17) is 4.98 Å². The van der Waals surface area contributed by atoms with Gasteiger partial charge in [0.15, 0.2) is 0 Å². The zero-order valence-corrected chi connectivity index (χ0v) is 16.7. The molecule has 0 radical (unpaired) electrons. The van der Waals surface area contributed by atoms with E-state index in [9.17, 15) is 0 Å². The zero-order valence-electron chi connectivity index (χ0n) is 16.7. The molecule has 0 spiro atoms. The zero-order chi connectivity index (χ0) is 19.6. The van der Waals surface area contributed by atoms with Crippen LogP contribution in [0.5, 0.6) is 0 Å². The largest absolute Gasteiger partial charge is 0.252 e. The first-order chi connectivity index (χ1) is 13.5. The minimum Gasteiger partial charge on any atom is -0.252 e. The molecule has 0 atom stereocenters. The molecule has 0 aliphatic heterocycles. The first-order valence-electron chi connectivity index (χ1n) is 9.74. The van der Waals surface area contributed by atoms with Crippen molar-refractivity contribution in [2.75, 3.05) is 0 Å². The molecule has 138 valence electrons. The van der Waals surface area contributed by atoms with Crippen LogP contribution in [-0.4, -0.2) is 4.98 Å². The van der Waals surface area contributed by atoms with Gasteiger partial charge in [0, 0.05) is 16.7 Å². The summed E-state index contributed by atoms with van der Waals surface area (Å²) in [6.45, 7) is 6.61. The van der Waals surface area contributed by atoms with Gasteiger partial charge in [-0.2, -0.15) is 0 Å². The van der Waals surface area contributed by atoms with Crippen molar-refractivity contribution in [3.63, 3.8) is 0 Å². The third-order valence-electron chi connectivity index (χ3n) is 4.96. The maximum atomic E-state index is 4.98. The smallest absolute Gasteiger partial charge is 0.0705 e. The van der Waals surface area contributed by atoms with Gasteiger partial charge in [0.05, 0.1) is 5.69 Å². The van der Waals surface area contributed by atoms with Crippen LogP contribution in [0.15, 0.2) is 97.1 Å². The van der Waals surface area contributed by atoms with E-state index in [1.54, 1.807) is 0 Å². The lowest BCUT2D eigenvalue weighted by molar-refractivity contribution is 0.570. The molecule has 4 aromatic rings. The fourth-order valence-corrected chi connectivity index (χ4v) is 3.38. The monoisotopic (exact) mass is 363 g/mol. The summed E-state index contributed by atoms with van der Waals surface area (Å²) in [6, 6.07) is 34.2. The highest BCUT2D eigenvalue weighted by atomic mass is 14.7. The standard InChI is InChI=1S/C27H25N/c1-27(2,3)26-16-10-15-25(28-26)24-18-22(20-11-6-4-7-12-20)17-23(19-24)21-13-8-5-9-14-21/h4-19H,1-3H3. The second-order valence-electron chi connectivity index (χ2n) is 8.19. The summed E-state index contributed by atoms with van der Waals surface area (Å²) in [5.74, 6) is 0. The number of nitrogens with zero attached hydrogens (tertiary/aromatic N) is 1. The fourth-order valence-electron chi connectivity index (χ4n) is 3.38. The molecule has 4 rings (SSSR count). The van der Waals surface area contributed by atoms with Crippen molar-refractivity contribution in [1.29, 1.82) is 0 Å². The molecule has 3 aromatic carbocycles. The summed E-state index contributed by atoms with van der Waals surface area (Å²) in [4.78, 5) is 4.98. The van der Waals surface area contributed by atoms with Crippen LogP contribution in [0.3, 0.4) is 0 Å². The van der Waals surface area contributed by atoms with Crippen LogP contribution < -0.4 is 0 Å². The predicted octanol–water partition coefficient (Wildman–Crippen LogP) is 7.38. The number of pyridine rings is 1. The highest BCUT2D eigenvalue weighted by molar-refractivity contribution is 5.80. The second-order valence-corrected chi connectivity index (χ2v) is 8.19. The van der Waals surface area contributed by atoms with Gasteiger partial charge in [-0.05, 0) is 52.6 Å². The first-order valence-corrected chi connectivity index (χ1v) is 9.74. The van der Waals surface area contributed by atoms with Gasteiger partial charge in [-0.15, -0.1) is 0 Å². The quantitative estimate of drug-likeness (QED) is 0.370. The van der Waals surface area contributed by atoms with Gasteiger partial charge in [0.2, 0.25) is 0 Å². The highest BCUT2D eigenvalue weighted by Gasteiger charge is 2.16. The van der Waals surface area contributed by atoms with E-state index >= 15 is 0 Å². The Balaban J connectivity index is 1.90. The molecule has 1 heteroatoms. The van der Waals surface area contributed by atoms with E-state index < -0.39 is 0 Å². The molecule has 1 aromatic heterocycles. The van der Waals surface area contributed by atoms with E-state index in [-0.39, 0.29) is 5.41 Å². The first kappa shape index (κ1) is 18.2. The number of aromatic nitrogens is 1. The number of hydrogen-bond donors (Lipinski definition) is 0. The summed E-state index contributed by atoms with van der Waals surface area (Å²) in [5, 5.41) is 0. The molecule has 0 amide bonds. The molecular formula is C27H25N. The Bertz CT molecular complexity index is 1020. The molecule has 0 unspecified atom stereocenters. The molecule has 0 aliphatic rings. The van der Waals surface area contributed by atoms with E-state index in [0.717, 1.165) is 17.0 Å². The molecule has 0 saturated carbocycles. The molecule has 0 saturated heterocycles. The van der Waals surface area contributed by atoms with Crippen molar-refractivity contribution in [2.45, 2.75) is 26.2 Å². The Morgan fingerprint density at radius 3 is 1.50 bits per heavy atom. The summed E-state index contributed by atoms with van der Waals surface area (Å²) in [7, 11) is 0. The molecule has 0 aliphatic carbocycles. The highest BCUT2D eigenvalue weighted by Crippen LogP contribution is 2.33. The lowest BCUT2D eigenvalue weighted by Gasteiger charge is -2.19. The average molecular weight is 364 g/mol. The summed E-state index contributed by atoms with van der Waals surface area (Å²) < 4.78 is 0. The van der Waals surface area contributed by atoms with Crippen molar-refractivity contribution in [3.8, 4) is 33.5 Å². The van der Waals surface area contributed by atoms with Crippen LogP contribution >= 0.6 is 0 Å². The summed E-state index contributed by atoms with van der Waals surface area (Å²) in [6.07, 6.45) is 0. The number of benzene rings is 3. The Kier molecular flexibility index (Phi) is 4.83. The van der Waals surface area contributed by atoms with Gasteiger partial charge in [0.1, 0.15) is 0 Å². The van der Waals surface area contributed by atoms with E-state index in [1.165, 1.54) is 22.3 Å². The maximum Gasteiger partial charge on any atom is 0.0705 e. The topological polar surface area (TPSA) is 12.9 Å². The lowest BCUT2D eigenvalue weighted by atomic mass is 9.90. The van der Waals surface area contributed by atoms with Gasteiger partial charge < -0.3 is 0 Å². The van der Waals surface area contributed by atoms with Crippen LogP contribution in [0.1, 0.15) is 26.5 Å². The predicted molar refractivity (Wildman–Crippen MR) is 119 cm³/mol. The van der Waals surface area contributed by atoms with Crippen molar-refractivity contribution < 1.29 is 0 Å². The Morgan fingerprint density at radius 1 is 0.500 bits per heavy atom.